The molecule has 1 atom stereocenters. The molecular formula is C16H19Cl2N5O2. The van der Waals surface area contributed by atoms with Crippen LogP contribution < -0.4 is 11.5 Å². The second kappa shape index (κ2) is 7.11. The summed E-state index contributed by atoms with van der Waals surface area (Å²) in [6.07, 6.45) is 2.86. The lowest BCUT2D eigenvalue weighted by Gasteiger charge is -2.35. The van der Waals surface area contributed by atoms with E-state index in [1.807, 2.05) is 0 Å². The van der Waals surface area contributed by atoms with Gasteiger partial charge in [0.05, 0.1) is 16.2 Å². The molecule has 1 amide bonds. The smallest absolute Gasteiger partial charge is 0.259 e. The molecule has 1 fully saturated rings. The minimum atomic E-state index is -0.383. The number of nitrogens with two attached hydrogens (primary N) is 2. The molecule has 1 aliphatic heterocycles. The van der Waals surface area contributed by atoms with Gasteiger partial charge in [-0.1, -0.05) is 23.2 Å². The average molecular weight is 384 g/mol. The van der Waals surface area contributed by atoms with E-state index < -0.39 is 0 Å². The van der Waals surface area contributed by atoms with Gasteiger partial charge in [-0.15, -0.1) is 0 Å². The lowest BCUT2D eigenvalue weighted by Crippen LogP contribution is -2.41. The van der Waals surface area contributed by atoms with Crippen molar-refractivity contribution in [1.29, 1.82) is 0 Å². The topological polar surface area (TPSA) is 121 Å². The van der Waals surface area contributed by atoms with Crippen molar-refractivity contribution in [3.8, 4) is 5.75 Å². The number of amides is 1. The Labute approximate surface area is 154 Å². The predicted octanol–water partition coefficient (Wildman–Crippen LogP) is 2.56. The lowest BCUT2D eigenvalue weighted by atomic mass is 9.85. The van der Waals surface area contributed by atoms with Gasteiger partial charge in [-0.25, -0.2) is 0 Å². The van der Waals surface area contributed by atoms with E-state index >= 15 is 0 Å². The number of nitrogens with one attached hydrogen (secondary N) is 1. The number of anilines is 1. The average Bonchev–Trinajstić information content (AvgIpc) is 3.03. The van der Waals surface area contributed by atoms with Gasteiger partial charge in [-0.05, 0) is 24.8 Å². The van der Waals surface area contributed by atoms with Gasteiger partial charge in [-0.2, -0.15) is 5.10 Å². The van der Waals surface area contributed by atoms with E-state index in [1.165, 1.54) is 12.3 Å². The molecule has 2 heterocycles. The van der Waals surface area contributed by atoms with Gasteiger partial charge in [0, 0.05) is 30.8 Å². The van der Waals surface area contributed by atoms with Crippen molar-refractivity contribution >= 4 is 34.9 Å². The fourth-order valence-corrected chi connectivity index (χ4v) is 3.50. The van der Waals surface area contributed by atoms with Crippen LogP contribution in [0.1, 0.15) is 34.8 Å². The first-order valence-electron chi connectivity index (χ1n) is 7.90. The second-order valence-electron chi connectivity index (χ2n) is 6.18. The van der Waals surface area contributed by atoms with Gasteiger partial charge >= 0.3 is 0 Å². The maximum absolute atomic E-state index is 12.4. The van der Waals surface area contributed by atoms with E-state index in [-0.39, 0.29) is 34.5 Å². The Balaban J connectivity index is 1.67. The van der Waals surface area contributed by atoms with Gasteiger partial charge < -0.3 is 21.5 Å². The van der Waals surface area contributed by atoms with Crippen LogP contribution in [0.3, 0.4) is 0 Å². The number of aromatic nitrogens is 2. The van der Waals surface area contributed by atoms with Crippen molar-refractivity contribution in [2.45, 2.75) is 18.9 Å². The molecule has 134 valence electrons. The number of rotatable bonds is 3. The number of carbonyl (C=O) groups excluding carboxylic acids is 1. The fourth-order valence-electron chi connectivity index (χ4n) is 3.17. The van der Waals surface area contributed by atoms with E-state index in [0.717, 1.165) is 0 Å². The third kappa shape index (κ3) is 3.53. The number of nitrogen functional groups attached to an aromatic ring is 1. The van der Waals surface area contributed by atoms with Crippen LogP contribution in [-0.4, -0.2) is 39.2 Å². The number of carbonyl (C=O) groups is 1. The number of H-pyrrole nitrogens is 1. The maximum Gasteiger partial charge on any atom is 0.259 e. The molecule has 7 nitrogen and oxygen atoms in total. The summed E-state index contributed by atoms with van der Waals surface area (Å²) in [4.78, 5) is 14.2. The summed E-state index contributed by atoms with van der Waals surface area (Å²) in [5.74, 6) is 0.278. The van der Waals surface area contributed by atoms with E-state index in [9.17, 15) is 9.90 Å². The zero-order chi connectivity index (χ0) is 18.1. The monoisotopic (exact) mass is 383 g/mol. The minimum absolute atomic E-state index is 0.0339. The number of halogens is 2. The van der Waals surface area contributed by atoms with E-state index in [0.29, 0.717) is 42.1 Å². The van der Waals surface area contributed by atoms with E-state index in [1.54, 1.807) is 11.0 Å². The first-order valence-corrected chi connectivity index (χ1v) is 8.65. The van der Waals surface area contributed by atoms with Crippen LogP contribution in [0, 0.1) is 5.92 Å². The first-order chi connectivity index (χ1) is 11.9. The van der Waals surface area contributed by atoms with Crippen LogP contribution in [0.4, 0.5) is 5.82 Å². The minimum Gasteiger partial charge on any atom is -0.508 e. The summed E-state index contributed by atoms with van der Waals surface area (Å²) in [6.45, 7) is 1.12. The van der Waals surface area contributed by atoms with E-state index in [4.69, 9.17) is 34.7 Å². The first kappa shape index (κ1) is 17.8. The molecule has 1 aromatic carbocycles. The molecule has 3 rings (SSSR count). The van der Waals surface area contributed by atoms with Gasteiger partial charge in [0.25, 0.3) is 5.91 Å². The summed E-state index contributed by atoms with van der Waals surface area (Å²) in [6, 6.07) is 2.62. The Kier molecular flexibility index (Phi) is 5.08. The number of phenolic OH excluding ortho intramolecular Hbond substituents is 1. The Morgan fingerprint density at radius 1 is 1.32 bits per heavy atom. The molecule has 0 spiro atoms. The number of aromatic hydroxyl groups is 1. The summed E-state index contributed by atoms with van der Waals surface area (Å²) in [5.41, 5.74) is 13.0. The number of phenols is 1. The highest BCUT2D eigenvalue weighted by Gasteiger charge is 2.30. The van der Waals surface area contributed by atoms with Crippen LogP contribution in [-0.2, 0) is 0 Å². The fraction of sp³-hybridized carbons (Fsp3) is 0.375. The van der Waals surface area contributed by atoms with Gasteiger partial charge in [0.2, 0.25) is 0 Å². The predicted molar refractivity (Wildman–Crippen MR) is 96.7 cm³/mol. The Morgan fingerprint density at radius 3 is 2.56 bits per heavy atom. The lowest BCUT2D eigenvalue weighted by molar-refractivity contribution is 0.0678. The summed E-state index contributed by atoms with van der Waals surface area (Å²) in [7, 11) is 0. The molecule has 6 N–H and O–H groups in total. The van der Waals surface area contributed by atoms with Gasteiger partial charge in [-0.3, -0.25) is 9.89 Å². The van der Waals surface area contributed by atoms with Gasteiger partial charge in [0.15, 0.2) is 0 Å². The quantitative estimate of drug-likeness (QED) is 0.648. The highest BCUT2D eigenvalue weighted by Crippen LogP contribution is 2.37. The van der Waals surface area contributed by atoms with Crippen molar-refractivity contribution in [3.63, 3.8) is 0 Å². The van der Waals surface area contributed by atoms with Crippen molar-refractivity contribution in [1.82, 2.24) is 15.1 Å². The zero-order valence-electron chi connectivity index (χ0n) is 13.4. The summed E-state index contributed by atoms with van der Waals surface area (Å²) in [5, 5.41) is 17.1. The molecule has 1 saturated heterocycles. The van der Waals surface area contributed by atoms with Gasteiger partial charge in [0.1, 0.15) is 17.1 Å². The number of hydrogen-bond acceptors (Lipinski definition) is 5. The molecule has 0 radical (unpaired) electrons. The molecule has 25 heavy (non-hydrogen) atoms. The van der Waals surface area contributed by atoms with Crippen molar-refractivity contribution < 1.29 is 9.90 Å². The van der Waals surface area contributed by atoms with Crippen LogP contribution in [0.2, 0.25) is 10.0 Å². The molecule has 0 unspecified atom stereocenters. The molecule has 1 aromatic heterocycles. The third-order valence-electron chi connectivity index (χ3n) is 4.66. The molecule has 2 aromatic rings. The Bertz CT molecular complexity index is 787. The largest absolute Gasteiger partial charge is 0.508 e. The van der Waals surface area contributed by atoms with Crippen LogP contribution >= 0.6 is 23.2 Å². The number of benzene rings is 1. The maximum atomic E-state index is 12.4. The van der Waals surface area contributed by atoms with Crippen LogP contribution in [0.15, 0.2) is 18.3 Å². The van der Waals surface area contributed by atoms with Crippen molar-refractivity contribution in [2.24, 2.45) is 11.7 Å². The SMILES string of the molecule is Nc1[nH]ncc1C(=O)N1CCC([C@@H](N)c2cc(Cl)c(Cl)cc2O)CC1. The molecule has 9 heteroatoms. The third-order valence-corrected chi connectivity index (χ3v) is 5.38. The standard InChI is InChI=1S/C16H19Cl2N5O2/c17-11-5-9(13(24)6-12(11)18)14(19)8-1-3-23(4-2-8)16(25)10-7-21-22-15(10)20/h5-8,14,24H,1-4,19H2,(H3,20,21,22)/t14-/m1/s1. The summed E-state index contributed by atoms with van der Waals surface area (Å²) >= 11 is 11.9. The molecule has 1 aliphatic rings. The Morgan fingerprint density at radius 2 is 1.96 bits per heavy atom. The van der Waals surface area contributed by atoms with Crippen molar-refractivity contribution in [3.05, 3.63) is 39.5 Å². The number of hydrogen-bond donors (Lipinski definition) is 4. The van der Waals surface area contributed by atoms with E-state index in [2.05, 4.69) is 10.2 Å². The highest BCUT2D eigenvalue weighted by atomic mass is 35.5. The molecular weight excluding hydrogens is 365 g/mol. The summed E-state index contributed by atoms with van der Waals surface area (Å²) < 4.78 is 0. The number of likely N-dealkylation sites (tertiary alicyclic amines) is 1. The number of piperidine rings is 1. The highest BCUT2D eigenvalue weighted by molar-refractivity contribution is 6.42. The molecule has 0 aliphatic carbocycles. The number of aromatic amines is 1. The molecule has 0 bridgehead atoms. The molecule has 0 saturated carbocycles. The zero-order valence-corrected chi connectivity index (χ0v) is 14.9. The second-order valence-corrected chi connectivity index (χ2v) is 6.99. The van der Waals surface area contributed by atoms with Crippen LogP contribution in [0.25, 0.3) is 0 Å². The normalized spacial score (nSPS) is 16.8. The number of nitrogens with zero attached hydrogens (tertiary/aromatic N) is 2. The van der Waals surface area contributed by atoms with Crippen molar-refractivity contribution in [2.75, 3.05) is 18.8 Å². The Hall–Kier alpha value is -1.96. The van der Waals surface area contributed by atoms with Crippen LogP contribution in [0.5, 0.6) is 5.75 Å².